The van der Waals surface area contributed by atoms with E-state index in [1.165, 1.54) is 30.4 Å². The van der Waals surface area contributed by atoms with E-state index in [-0.39, 0.29) is 0 Å². The van der Waals surface area contributed by atoms with Crippen LogP contribution >= 0.6 is 11.6 Å². The van der Waals surface area contributed by atoms with E-state index in [0.29, 0.717) is 16.6 Å². The molecule has 0 amide bonds. The molecule has 20 heavy (non-hydrogen) atoms. The smallest absolute Gasteiger partial charge is 0.332 e. The van der Waals surface area contributed by atoms with Gasteiger partial charge in [-0.05, 0) is 18.2 Å². The fraction of sp³-hybridized carbons (Fsp3) is 0.154. The third-order valence-electron chi connectivity index (χ3n) is 2.44. The van der Waals surface area contributed by atoms with Crippen LogP contribution in [0.25, 0.3) is 17.6 Å². The SMILES string of the molecule is COC(=O)/C=C\n1cnc(-c2cc(Cl)cc(OC)c2)n1. The zero-order valence-electron chi connectivity index (χ0n) is 10.9. The Kier molecular flexibility index (Phi) is 4.37. The number of carbonyl (C=O) groups excluding carboxylic acids is 1. The lowest BCUT2D eigenvalue weighted by atomic mass is 10.2. The third-order valence-corrected chi connectivity index (χ3v) is 2.66. The van der Waals surface area contributed by atoms with Gasteiger partial charge in [0, 0.05) is 22.9 Å². The highest BCUT2D eigenvalue weighted by molar-refractivity contribution is 6.31. The Bertz CT molecular complexity index is 652. The lowest BCUT2D eigenvalue weighted by molar-refractivity contribution is -0.134. The van der Waals surface area contributed by atoms with Crippen LogP contribution in [0.5, 0.6) is 5.75 Å². The summed E-state index contributed by atoms with van der Waals surface area (Å²) in [7, 11) is 2.86. The number of aromatic nitrogens is 3. The van der Waals surface area contributed by atoms with E-state index >= 15 is 0 Å². The number of ether oxygens (including phenoxy) is 2. The lowest BCUT2D eigenvalue weighted by Crippen LogP contribution is -1.96. The second-order valence-electron chi connectivity index (χ2n) is 3.77. The number of hydrogen-bond donors (Lipinski definition) is 0. The van der Waals surface area contributed by atoms with Crippen molar-refractivity contribution in [3.8, 4) is 17.1 Å². The molecule has 0 aliphatic rings. The van der Waals surface area contributed by atoms with Gasteiger partial charge in [-0.15, -0.1) is 5.10 Å². The Morgan fingerprint density at radius 1 is 1.35 bits per heavy atom. The van der Waals surface area contributed by atoms with Gasteiger partial charge >= 0.3 is 5.97 Å². The zero-order valence-corrected chi connectivity index (χ0v) is 11.7. The van der Waals surface area contributed by atoms with Crippen molar-refractivity contribution in [2.45, 2.75) is 0 Å². The van der Waals surface area contributed by atoms with E-state index in [1.807, 2.05) is 0 Å². The molecule has 0 saturated heterocycles. The van der Waals surface area contributed by atoms with Crippen LogP contribution in [0, 0.1) is 0 Å². The molecule has 1 aromatic heterocycles. The predicted molar refractivity (Wildman–Crippen MR) is 74.4 cm³/mol. The van der Waals surface area contributed by atoms with Crippen molar-refractivity contribution in [1.82, 2.24) is 14.8 Å². The van der Waals surface area contributed by atoms with Gasteiger partial charge in [0.1, 0.15) is 12.1 Å². The maximum absolute atomic E-state index is 11.0. The van der Waals surface area contributed by atoms with Crippen molar-refractivity contribution in [3.63, 3.8) is 0 Å². The van der Waals surface area contributed by atoms with E-state index in [9.17, 15) is 4.79 Å². The molecule has 7 heteroatoms. The van der Waals surface area contributed by atoms with Crippen LogP contribution in [0.3, 0.4) is 0 Å². The first-order valence-electron chi connectivity index (χ1n) is 5.64. The average molecular weight is 294 g/mol. The Labute approximate surface area is 120 Å². The van der Waals surface area contributed by atoms with Gasteiger partial charge in [-0.1, -0.05) is 11.6 Å². The average Bonchev–Trinajstić information content (AvgIpc) is 2.92. The van der Waals surface area contributed by atoms with Crippen LogP contribution in [0.1, 0.15) is 0 Å². The molecule has 1 aromatic carbocycles. The summed E-state index contributed by atoms with van der Waals surface area (Å²) in [6.07, 6.45) is 4.17. The topological polar surface area (TPSA) is 66.2 Å². The summed E-state index contributed by atoms with van der Waals surface area (Å²) in [5.41, 5.74) is 0.722. The molecule has 2 rings (SSSR count). The molecule has 2 aromatic rings. The van der Waals surface area contributed by atoms with Gasteiger partial charge in [-0.2, -0.15) is 0 Å². The Balaban J connectivity index is 2.26. The molecule has 0 aliphatic carbocycles. The first-order valence-corrected chi connectivity index (χ1v) is 6.02. The Morgan fingerprint density at radius 2 is 2.15 bits per heavy atom. The predicted octanol–water partition coefficient (Wildman–Crippen LogP) is 2.25. The number of halogens is 1. The summed E-state index contributed by atoms with van der Waals surface area (Å²) in [6.45, 7) is 0. The van der Waals surface area contributed by atoms with Crippen LogP contribution in [0.15, 0.2) is 30.6 Å². The number of benzene rings is 1. The van der Waals surface area contributed by atoms with Gasteiger partial charge in [-0.25, -0.2) is 14.5 Å². The van der Waals surface area contributed by atoms with Gasteiger partial charge in [0.2, 0.25) is 0 Å². The van der Waals surface area contributed by atoms with Crippen LogP contribution in [0.4, 0.5) is 0 Å². The van der Waals surface area contributed by atoms with Gasteiger partial charge in [0.15, 0.2) is 5.82 Å². The fourth-order valence-electron chi connectivity index (χ4n) is 1.49. The minimum absolute atomic E-state index is 0.466. The molecule has 0 atom stereocenters. The molecule has 0 saturated carbocycles. The molecule has 6 nitrogen and oxygen atoms in total. The first kappa shape index (κ1) is 14.1. The normalized spacial score (nSPS) is 10.8. The van der Waals surface area contributed by atoms with Crippen molar-refractivity contribution >= 4 is 23.8 Å². The quantitative estimate of drug-likeness (QED) is 0.639. The maximum Gasteiger partial charge on any atom is 0.332 e. The monoisotopic (exact) mass is 293 g/mol. The van der Waals surface area contributed by atoms with Crippen LogP contribution in [-0.2, 0) is 9.53 Å². The van der Waals surface area contributed by atoms with Gasteiger partial charge in [-0.3, -0.25) is 0 Å². The molecule has 0 aliphatic heterocycles. The molecule has 104 valence electrons. The Morgan fingerprint density at radius 3 is 2.85 bits per heavy atom. The highest BCUT2D eigenvalue weighted by atomic mass is 35.5. The van der Waals surface area contributed by atoms with E-state index < -0.39 is 5.97 Å². The molecular formula is C13H12ClN3O3. The van der Waals surface area contributed by atoms with Gasteiger partial charge in [0.05, 0.1) is 14.2 Å². The molecule has 1 heterocycles. The molecule has 0 fully saturated rings. The number of methoxy groups -OCH3 is 2. The van der Waals surface area contributed by atoms with E-state index in [4.69, 9.17) is 16.3 Å². The fourth-order valence-corrected chi connectivity index (χ4v) is 1.72. The molecule has 0 N–H and O–H groups in total. The largest absolute Gasteiger partial charge is 0.497 e. The van der Waals surface area contributed by atoms with Crippen molar-refractivity contribution in [1.29, 1.82) is 0 Å². The molecule has 0 spiro atoms. The number of nitrogens with zero attached hydrogens (tertiary/aromatic N) is 3. The van der Waals surface area contributed by atoms with Gasteiger partial charge in [0.25, 0.3) is 0 Å². The van der Waals surface area contributed by atoms with Gasteiger partial charge < -0.3 is 9.47 Å². The molecule has 0 radical (unpaired) electrons. The Hall–Kier alpha value is -2.34. The summed E-state index contributed by atoms with van der Waals surface area (Å²) in [6, 6.07) is 5.20. The van der Waals surface area contributed by atoms with Crippen molar-refractivity contribution < 1.29 is 14.3 Å². The summed E-state index contributed by atoms with van der Waals surface area (Å²) in [5, 5.41) is 4.73. The third kappa shape index (κ3) is 3.36. The molecule has 0 bridgehead atoms. The number of carbonyl (C=O) groups is 1. The van der Waals surface area contributed by atoms with Crippen LogP contribution in [-0.4, -0.2) is 35.0 Å². The van der Waals surface area contributed by atoms with E-state index in [1.54, 1.807) is 25.3 Å². The zero-order chi connectivity index (χ0) is 14.5. The van der Waals surface area contributed by atoms with Crippen molar-refractivity contribution in [2.24, 2.45) is 0 Å². The lowest BCUT2D eigenvalue weighted by Gasteiger charge is -2.02. The maximum atomic E-state index is 11.0. The second kappa shape index (κ2) is 6.21. The number of rotatable bonds is 4. The number of hydrogen-bond acceptors (Lipinski definition) is 5. The van der Waals surface area contributed by atoms with E-state index in [0.717, 1.165) is 5.56 Å². The second-order valence-corrected chi connectivity index (χ2v) is 4.20. The minimum Gasteiger partial charge on any atom is -0.497 e. The van der Waals surface area contributed by atoms with Crippen LogP contribution < -0.4 is 4.74 Å². The minimum atomic E-state index is -0.466. The highest BCUT2D eigenvalue weighted by Crippen LogP contribution is 2.26. The van der Waals surface area contributed by atoms with Crippen molar-refractivity contribution in [2.75, 3.05) is 14.2 Å². The summed E-state index contributed by atoms with van der Waals surface area (Å²) in [5.74, 6) is 0.626. The number of esters is 1. The molecule has 0 unspecified atom stereocenters. The van der Waals surface area contributed by atoms with Crippen LogP contribution in [0.2, 0.25) is 5.02 Å². The first-order chi connectivity index (χ1) is 9.62. The summed E-state index contributed by atoms with van der Waals surface area (Å²) in [4.78, 5) is 15.1. The molecular weight excluding hydrogens is 282 g/mol. The van der Waals surface area contributed by atoms with E-state index in [2.05, 4.69) is 14.8 Å². The standard InChI is InChI=1S/C13H12ClN3O3/c1-19-11-6-9(5-10(14)7-11)13-15-8-17(16-13)4-3-12(18)20-2/h3-8H,1-2H3/b4-3-. The van der Waals surface area contributed by atoms with Crippen molar-refractivity contribution in [3.05, 3.63) is 35.6 Å². The summed E-state index contributed by atoms with van der Waals surface area (Å²) < 4.78 is 11.0. The summed E-state index contributed by atoms with van der Waals surface area (Å²) >= 11 is 5.99. The highest BCUT2D eigenvalue weighted by Gasteiger charge is 2.07.